The molecular weight excluding hydrogens is 144 g/mol. The van der Waals surface area contributed by atoms with Gasteiger partial charge in [-0.25, -0.2) is 4.79 Å². The normalized spacial score (nSPS) is 8.91. The van der Waals surface area contributed by atoms with Gasteiger partial charge in [0.1, 0.15) is 0 Å². The van der Waals surface area contributed by atoms with Crippen molar-refractivity contribution in [3.05, 3.63) is 0 Å². The Balaban J connectivity index is 3.38. The number of hydrogen-bond acceptors (Lipinski definition) is 2. The van der Waals surface area contributed by atoms with E-state index in [1.54, 1.807) is 0 Å². The van der Waals surface area contributed by atoms with E-state index in [1.165, 1.54) is 7.05 Å². The molecule has 11 heavy (non-hydrogen) atoms. The molecule has 0 aliphatic rings. The molecule has 0 unspecified atom stereocenters. The highest BCUT2D eigenvalue weighted by atomic mass is 16.2. The molecule has 0 spiro atoms. The van der Waals surface area contributed by atoms with Crippen molar-refractivity contribution in [3.63, 3.8) is 0 Å². The first-order chi connectivity index (χ1) is 5.20. The Morgan fingerprint density at radius 1 is 1.36 bits per heavy atom. The Morgan fingerprint density at radius 3 is 2.45 bits per heavy atom. The van der Waals surface area contributed by atoms with E-state index in [0.717, 1.165) is 6.42 Å². The lowest BCUT2D eigenvalue weighted by molar-refractivity contribution is -0.118. The molecule has 0 radical (unpaired) electrons. The molecule has 0 aromatic rings. The molecule has 2 amide bonds. The molecule has 0 rings (SSSR count). The van der Waals surface area contributed by atoms with Gasteiger partial charge in [0.15, 0.2) is 5.78 Å². The van der Waals surface area contributed by atoms with E-state index in [9.17, 15) is 9.59 Å². The molecule has 0 fully saturated rings. The lowest BCUT2D eigenvalue weighted by Crippen LogP contribution is -2.36. The van der Waals surface area contributed by atoms with Crippen LogP contribution in [0.2, 0.25) is 0 Å². The number of urea groups is 1. The monoisotopic (exact) mass is 158 g/mol. The summed E-state index contributed by atoms with van der Waals surface area (Å²) in [6, 6.07) is -0.311. The van der Waals surface area contributed by atoms with Crippen LogP contribution in [0.15, 0.2) is 0 Å². The molecule has 0 aromatic heterocycles. The second kappa shape index (κ2) is 5.70. The molecule has 0 saturated heterocycles. The first-order valence-corrected chi connectivity index (χ1v) is 3.68. The summed E-state index contributed by atoms with van der Waals surface area (Å²) < 4.78 is 0. The number of Topliss-reactive ketones (excluding diaryl/α,β-unsaturated/α-hetero) is 1. The van der Waals surface area contributed by atoms with Gasteiger partial charge in [-0.1, -0.05) is 6.92 Å². The van der Waals surface area contributed by atoms with Crippen LogP contribution in [0.25, 0.3) is 0 Å². The number of carbonyl (C=O) groups is 2. The van der Waals surface area contributed by atoms with Crippen molar-refractivity contribution < 1.29 is 9.59 Å². The molecule has 64 valence electrons. The van der Waals surface area contributed by atoms with Gasteiger partial charge in [-0.3, -0.25) is 4.79 Å². The third-order valence-electron chi connectivity index (χ3n) is 1.20. The molecule has 2 N–H and O–H groups in total. The molecular formula is C7H14N2O2. The number of nitrogens with one attached hydrogen (secondary N) is 2. The zero-order chi connectivity index (χ0) is 8.69. The van der Waals surface area contributed by atoms with Gasteiger partial charge in [0.25, 0.3) is 0 Å². The van der Waals surface area contributed by atoms with Crippen LogP contribution in [0.4, 0.5) is 4.79 Å². The van der Waals surface area contributed by atoms with Gasteiger partial charge in [0, 0.05) is 13.5 Å². The molecule has 0 atom stereocenters. The quantitative estimate of drug-likeness (QED) is 0.617. The minimum absolute atomic E-state index is 0.0658. The summed E-state index contributed by atoms with van der Waals surface area (Å²) in [5.74, 6) is 0.0658. The van der Waals surface area contributed by atoms with Crippen LogP contribution in [0, 0.1) is 0 Å². The van der Waals surface area contributed by atoms with Crippen LogP contribution in [-0.2, 0) is 4.79 Å². The number of carbonyl (C=O) groups excluding carboxylic acids is 2. The van der Waals surface area contributed by atoms with Crippen molar-refractivity contribution in [2.24, 2.45) is 0 Å². The van der Waals surface area contributed by atoms with Gasteiger partial charge in [-0.05, 0) is 6.42 Å². The standard InChI is InChI=1S/C7H14N2O2/c1-3-4-6(10)5-9-7(11)8-2/h3-5H2,1-2H3,(H2,8,9,11). The minimum atomic E-state index is -0.311. The lowest BCUT2D eigenvalue weighted by Gasteiger charge is -2.01. The second-order valence-electron chi connectivity index (χ2n) is 2.22. The smallest absolute Gasteiger partial charge is 0.314 e. The summed E-state index contributed by atoms with van der Waals surface area (Å²) in [7, 11) is 1.51. The van der Waals surface area contributed by atoms with Crippen molar-refractivity contribution >= 4 is 11.8 Å². The van der Waals surface area contributed by atoms with Crippen LogP contribution in [0.5, 0.6) is 0 Å². The van der Waals surface area contributed by atoms with Gasteiger partial charge < -0.3 is 10.6 Å². The second-order valence-corrected chi connectivity index (χ2v) is 2.22. The molecule has 0 aromatic carbocycles. The van der Waals surface area contributed by atoms with Gasteiger partial charge in [-0.2, -0.15) is 0 Å². The Labute approximate surface area is 66.4 Å². The van der Waals surface area contributed by atoms with Gasteiger partial charge in [-0.15, -0.1) is 0 Å². The van der Waals surface area contributed by atoms with Crippen molar-refractivity contribution in [3.8, 4) is 0 Å². The highest BCUT2D eigenvalue weighted by molar-refractivity contribution is 5.85. The average molecular weight is 158 g/mol. The zero-order valence-corrected chi connectivity index (χ0v) is 6.94. The molecule has 0 aliphatic carbocycles. The topological polar surface area (TPSA) is 58.2 Å². The minimum Gasteiger partial charge on any atom is -0.341 e. The van der Waals surface area contributed by atoms with Crippen molar-refractivity contribution in [2.45, 2.75) is 19.8 Å². The van der Waals surface area contributed by atoms with E-state index in [2.05, 4.69) is 10.6 Å². The Hall–Kier alpha value is -1.06. The maximum absolute atomic E-state index is 10.8. The van der Waals surface area contributed by atoms with E-state index in [-0.39, 0.29) is 18.4 Å². The van der Waals surface area contributed by atoms with E-state index in [1.807, 2.05) is 6.92 Å². The summed E-state index contributed by atoms with van der Waals surface area (Å²) in [4.78, 5) is 21.4. The maximum atomic E-state index is 10.8. The number of rotatable bonds is 4. The molecule has 0 heterocycles. The highest BCUT2D eigenvalue weighted by Crippen LogP contribution is 1.86. The van der Waals surface area contributed by atoms with E-state index in [0.29, 0.717) is 6.42 Å². The van der Waals surface area contributed by atoms with Crippen LogP contribution in [-0.4, -0.2) is 25.4 Å². The highest BCUT2D eigenvalue weighted by Gasteiger charge is 2.01. The third-order valence-corrected chi connectivity index (χ3v) is 1.20. The SMILES string of the molecule is CCCC(=O)CNC(=O)NC. The molecule has 4 heteroatoms. The first kappa shape index (κ1) is 9.94. The predicted molar refractivity (Wildman–Crippen MR) is 42.4 cm³/mol. The van der Waals surface area contributed by atoms with Crippen molar-refractivity contribution in [1.29, 1.82) is 0 Å². The predicted octanol–water partition coefficient (Wildman–Crippen LogP) is 0.285. The lowest BCUT2D eigenvalue weighted by atomic mass is 10.2. The van der Waals surface area contributed by atoms with Crippen LogP contribution >= 0.6 is 0 Å². The Bertz CT molecular complexity index is 145. The summed E-state index contributed by atoms with van der Waals surface area (Å²) in [6.07, 6.45) is 1.36. The van der Waals surface area contributed by atoms with E-state index < -0.39 is 0 Å². The maximum Gasteiger partial charge on any atom is 0.314 e. The Kier molecular flexibility index (Phi) is 5.15. The third kappa shape index (κ3) is 5.39. The van der Waals surface area contributed by atoms with Crippen LogP contribution in [0.1, 0.15) is 19.8 Å². The Morgan fingerprint density at radius 2 is 2.00 bits per heavy atom. The first-order valence-electron chi connectivity index (χ1n) is 3.68. The molecule has 0 aliphatic heterocycles. The summed E-state index contributed by atoms with van der Waals surface area (Å²) in [5, 5.41) is 4.78. The largest absolute Gasteiger partial charge is 0.341 e. The van der Waals surface area contributed by atoms with E-state index in [4.69, 9.17) is 0 Å². The van der Waals surface area contributed by atoms with Gasteiger partial charge in [0.05, 0.1) is 6.54 Å². The zero-order valence-electron chi connectivity index (χ0n) is 6.94. The van der Waals surface area contributed by atoms with Gasteiger partial charge in [0.2, 0.25) is 0 Å². The van der Waals surface area contributed by atoms with Crippen LogP contribution < -0.4 is 10.6 Å². The van der Waals surface area contributed by atoms with E-state index >= 15 is 0 Å². The van der Waals surface area contributed by atoms with Crippen molar-refractivity contribution in [1.82, 2.24) is 10.6 Å². The molecule has 0 saturated carbocycles. The van der Waals surface area contributed by atoms with Crippen LogP contribution in [0.3, 0.4) is 0 Å². The summed E-state index contributed by atoms with van der Waals surface area (Å²) >= 11 is 0. The fourth-order valence-corrected chi connectivity index (χ4v) is 0.634. The number of ketones is 1. The number of amides is 2. The van der Waals surface area contributed by atoms with Crippen molar-refractivity contribution in [2.75, 3.05) is 13.6 Å². The number of hydrogen-bond donors (Lipinski definition) is 2. The fraction of sp³-hybridized carbons (Fsp3) is 0.714. The molecule has 4 nitrogen and oxygen atoms in total. The van der Waals surface area contributed by atoms with Gasteiger partial charge >= 0.3 is 6.03 Å². The fourth-order valence-electron chi connectivity index (χ4n) is 0.634. The summed E-state index contributed by atoms with van der Waals surface area (Å²) in [5.41, 5.74) is 0. The summed E-state index contributed by atoms with van der Waals surface area (Å²) in [6.45, 7) is 2.06. The molecule has 0 bridgehead atoms. The average Bonchev–Trinajstić information content (AvgIpc) is 2.01.